The molecule has 0 aliphatic carbocycles. The van der Waals surface area contributed by atoms with E-state index in [4.69, 9.17) is 4.74 Å². The molecule has 0 unspecified atom stereocenters. The fourth-order valence-corrected chi connectivity index (χ4v) is 4.00. The molecule has 27 heavy (non-hydrogen) atoms. The quantitative estimate of drug-likeness (QED) is 0.773. The topological polar surface area (TPSA) is 32.8 Å². The van der Waals surface area contributed by atoms with E-state index in [0.717, 1.165) is 32.0 Å². The van der Waals surface area contributed by atoms with Crippen molar-refractivity contribution in [2.45, 2.75) is 57.8 Å². The Bertz CT molecular complexity index is 663. The van der Waals surface area contributed by atoms with E-state index in [1.165, 1.54) is 12.1 Å². The predicted molar refractivity (Wildman–Crippen MR) is 103 cm³/mol. The Balaban J connectivity index is 0.00000261. The highest BCUT2D eigenvalue weighted by Crippen LogP contribution is 2.33. The number of piperidine rings is 1. The van der Waals surface area contributed by atoms with Gasteiger partial charge in [0.15, 0.2) is 0 Å². The van der Waals surface area contributed by atoms with Crippen molar-refractivity contribution in [3.05, 3.63) is 35.4 Å². The summed E-state index contributed by atoms with van der Waals surface area (Å²) in [5.41, 5.74) is 0.141. The normalized spacial score (nSPS) is 23.0. The van der Waals surface area contributed by atoms with Gasteiger partial charge >= 0.3 is 0 Å². The van der Waals surface area contributed by atoms with Gasteiger partial charge in [0, 0.05) is 25.7 Å². The highest BCUT2D eigenvalue weighted by molar-refractivity contribution is 5.85. The number of ether oxygens (including phenoxy) is 1. The zero-order valence-electron chi connectivity index (χ0n) is 16.2. The Morgan fingerprint density at radius 1 is 1.26 bits per heavy atom. The Labute approximate surface area is 166 Å². The van der Waals surface area contributed by atoms with Crippen LogP contribution in [0.1, 0.15) is 39.2 Å². The number of carbonyl (C=O) groups is 1. The summed E-state index contributed by atoms with van der Waals surface area (Å²) in [5, 5.41) is 0. The van der Waals surface area contributed by atoms with E-state index in [1.54, 1.807) is 0 Å². The van der Waals surface area contributed by atoms with Crippen LogP contribution in [-0.4, -0.2) is 59.6 Å². The molecule has 4 nitrogen and oxygen atoms in total. The van der Waals surface area contributed by atoms with Crippen LogP contribution in [0.15, 0.2) is 18.2 Å². The number of carbonyl (C=O) groups excluding carboxylic acids is 1. The molecule has 152 valence electrons. The number of likely N-dealkylation sites (tertiary alicyclic amines) is 1. The predicted octanol–water partition coefficient (Wildman–Crippen LogP) is 3.42. The van der Waals surface area contributed by atoms with Crippen molar-refractivity contribution < 1.29 is 18.3 Å². The summed E-state index contributed by atoms with van der Waals surface area (Å²) in [4.78, 5) is 16.5. The molecule has 1 amide bonds. The summed E-state index contributed by atoms with van der Waals surface area (Å²) in [5.74, 6) is -0.688. The first-order valence-corrected chi connectivity index (χ1v) is 9.44. The molecule has 2 saturated heterocycles. The summed E-state index contributed by atoms with van der Waals surface area (Å²) in [6, 6.07) is 3.77. The zero-order chi connectivity index (χ0) is 18.9. The first kappa shape index (κ1) is 22.1. The minimum atomic E-state index is -0.404. The summed E-state index contributed by atoms with van der Waals surface area (Å²) < 4.78 is 33.2. The highest BCUT2D eigenvalue weighted by atomic mass is 35.5. The van der Waals surface area contributed by atoms with Gasteiger partial charge in [0.1, 0.15) is 17.7 Å². The van der Waals surface area contributed by atoms with Gasteiger partial charge in [-0.3, -0.25) is 4.79 Å². The number of amides is 1. The van der Waals surface area contributed by atoms with Gasteiger partial charge in [-0.15, -0.1) is 12.4 Å². The second-order valence-electron chi connectivity index (χ2n) is 7.83. The highest BCUT2D eigenvalue weighted by Gasteiger charge is 2.45. The van der Waals surface area contributed by atoms with Crippen molar-refractivity contribution >= 4 is 18.3 Å². The van der Waals surface area contributed by atoms with Crippen molar-refractivity contribution in [2.75, 3.05) is 26.2 Å². The molecule has 2 fully saturated rings. The Morgan fingerprint density at radius 3 is 2.56 bits per heavy atom. The molecular weight excluding hydrogens is 374 g/mol. The smallest absolute Gasteiger partial charge is 0.251 e. The first-order valence-electron chi connectivity index (χ1n) is 9.44. The maximum Gasteiger partial charge on any atom is 0.251 e. The number of rotatable bonds is 4. The van der Waals surface area contributed by atoms with Crippen LogP contribution < -0.4 is 0 Å². The second kappa shape index (κ2) is 8.84. The number of benzene rings is 1. The molecule has 2 aliphatic heterocycles. The van der Waals surface area contributed by atoms with Crippen molar-refractivity contribution in [1.29, 1.82) is 0 Å². The minimum absolute atomic E-state index is 0. The van der Waals surface area contributed by atoms with E-state index in [-0.39, 0.29) is 35.8 Å². The summed E-state index contributed by atoms with van der Waals surface area (Å²) in [6.45, 7) is 8.91. The lowest BCUT2D eigenvalue weighted by Crippen LogP contribution is -2.62. The Morgan fingerprint density at radius 2 is 1.93 bits per heavy atom. The van der Waals surface area contributed by atoms with E-state index in [1.807, 2.05) is 25.7 Å². The molecule has 0 radical (unpaired) electrons. The SMILES string of the molecule is CC(C)N1CC2(CCN(CCc3cc(F)ccc3F)CC2)O[C@H](C)C1=O.Cl. The standard InChI is InChI=1S/C20H28F2N2O2.ClH/c1-14(2)24-13-20(26-15(3)19(24)25)7-10-23(11-8-20)9-6-16-12-17(21)4-5-18(16)22;/h4-5,12,14-15H,6-11,13H2,1-3H3;1H/t15-;/m1./s1. The zero-order valence-corrected chi connectivity index (χ0v) is 17.0. The number of nitrogens with zero attached hydrogens (tertiary/aromatic N) is 2. The molecule has 1 aromatic carbocycles. The molecule has 2 heterocycles. The van der Waals surface area contributed by atoms with E-state index in [9.17, 15) is 13.6 Å². The van der Waals surface area contributed by atoms with Crippen molar-refractivity contribution in [3.8, 4) is 0 Å². The van der Waals surface area contributed by atoms with Gasteiger partial charge in [0.25, 0.3) is 5.91 Å². The largest absolute Gasteiger partial charge is 0.360 e. The lowest BCUT2D eigenvalue weighted by molar-refractivity contribution is -0.192. The number of halogens is 3. The Hall–Kier alpha value is -1.24. The first-order chi connectivity index (χ1) is 12.3. The lowest BCUT2D eigenvalue weighted by atomic mass is 9.88. The van der Waals surface area contributed by atoms with Crippen LogP contribution in [0.3, 0.4) is 0 Å². The van der Waals surface area contributed by atoms with Gasteiger partial charge in [-0.2, -0.15) is 0 Å². The Kier molecular flexibility index (Phi) is 7.22. The van der Waals surface area contributed by atoms with Crippen LogP contribution >= 0.6 is 12.4 Å². The molecule has 7 heteroatoms. The molecule has 2 aliphatic rings. The molecule has 1 spiro atoms. The average molecular weight is 403 g/mol. The molecular formula is C20H29ClF2N2O2. The lowest BCUT2D eigenvalue weighted by Gasteiger charge is -2.50. The van der Waals surface area contributed by atoms with Crippen molar-refractivity contribution in [2.24, 2.45) is 0 Å². The molecule has 1 atom stereocenters. The van der Waals surface area contributed by atoms with Gasteiger partial charge in [0.05, 0.1) is 12.1 Å². The van der Waals surface area contributed by atoms with E-state index in [0.29, 0.717) is 25.1 Å². The molecule has 3 rings (SSSR count). The van der Waals surface area contributed by atoms with Crippen LogP contribution in [0, 0.1) is 11.6 Å². The monoisotopic (exact) mass is 402 g/mol. The molecule has 0 saturated carbocycles. The van der Waals surface area contributed by atoms with Gasteiger partial charge in [0.2, 0.25) is 0 Å². The molecule has 0 bridgehead atoms. The maximum absolute atomic E-state index is 13.8. The van der Waals surface area contributed by atoms with Crippen LogP contribution in [-0.2, 0) is 16.0 Å². The fraction of sp³-hybridized carbons (Fsp3) is 0.650. The van der Waals surface area contributed by atoms with Crippen LogP contribution in [0.5, 0.6) is 0 Å². The summed E-state index contributed by atoms with van der Waals surface area (Å²) in [6.07, 6.45) is 1.78. The van der Waals surface area contributed by atoms with E-state index >= 15 is 0 Å². The summed E-state index contributed by atoms with van der Waals surface area (Å²) in [7, 11) is 0. The molecule has 0 aromatic heterocycles. The fourth-order valence-electron chi connectivity index (χ4n) is 4.00. The number of hydrogen-bond acceptors (Lipinski definition) is 3. The van der Waals surface area contributed by atoms with Gasteiger partial charge in [-0.05, 0) is 63.8 Å². The molecule has 1 aromatic rings. The maximum atomic E-state index is 13.8. The average Bonchev–Trinajstić information content (AvgIpc) is 2.60. The number of morpholine rings is 1. The molecule has 0 N–H and O–H groups in total. The van der Waals surface area contributed by atoms with E-state index < -0.39 is 11.9 Å². The minimum Gasteiger partial charge on any atom is -0.360 e. The third-order valence-corrected chi connectivity index (χ3v) is 5.61. The summed E-state index contributed by atoms with van der Waals surface area (Å²) >= 11 is 0. The third kappa shape index (κ3) is 4.98. The van der Waals surface area contributed by atoms with Gasteiger partial charge in [-0.1, -0.05) is 0 Å². The van der Waals surface area contributed by atoms with Crippen LogP contribution in [0.2, 0.25) is 0 Å². The van der Waals surface area contributed by atoms with Gasteiger partial charge < -0.3 is 14.5 Å². The third-order valence-electron chi connectivity index (χ3n) is 5.61. The van der Waals surface area contributed by atoms with Crippen molar-refractivity contribution in [3.63, 3.8) is 0 Å². The second-order valence-corrected chi connectivity index (χ2v) is 7.83. The van der Waals surface area contributed by atoms with Gasteiger partial charge in [-0.25, -0.2) is 8.78 Å². The van der Waals surface area contributed by atoms with Crippen molar-refractivity contribution in [1.82, 2.24) is 9.80 Å². The number of hydrogen-bond donors (Lipinski definition) is 0. The van der Waals surface area contributed by atoms with Crippen LogP contribution in [0.25, 0.3) is 0 Å². The van der Waals surface area contributed by atoms with Crippen LogP contribution in [0.4, 0.5) is 8.78 Å². The van der Waals surface area contributed by atoms with E-state index in [2.05, 4.69) is 4.90 Å².